The van der Waals surface area contributed by atoms with E-state index in [9.17, 15) is 0 Å². The summed E-state index contributed by atoms with van der Waals surface area (Å²) in [6.45, 7) is 2.12. The summed E-state index contributed by atoms with van der Waals surface area (Å²) < 4.78 is 10.9. The summed E-state index contributed by atoms with van der Waals surface area (Å²) in [7, 11) is 0. The molecule has 0 amide bonds. The second kappa shape index (κ2) is 4.46. The van der Waals surface area contributed by atoms with Crippen molar-refractivity contribution in [2.24, 2.45) is 5.92 Å². The molecular weight excluding hydrogens is 244 g/mol. The molecule has 0 aliphatic carbocycles. The average Bonchev–Trinajstić information content (AvgIpc) is 2.95. The van der Waals surface area contributed by atoms with Gasteiger partial charge in [-0.15, -0.1) is 0 Å². The van der Waals surface area contributed by atoms with Crippen LogP contribution in [0.3, 0.4) is 0 Å². The molecule has 3 heterocycles. The van der Waals surface area contributed by atoms with E-state index in [1.807, 2.05) is 0 Å². The Kier molecular flexibility index (Phi) is 2.82. The third-order valence-corrected chi connectivity index (χ3v) is 2.87. The SMILES string of the molecule is Clc1nc(OCC2CCOC2)c2[nH]cnc2n1. The number of nitrogens with one attached hydrogen (secondary N) is 1. The van der Waals surface area contributed by atoms with Gasteiger partial charge >= 0.3 is 0 Å². The largest absolute Gasteiger partial charge is 0.476 e. The van der Waals surface area contributed by atoms with Crippen LogP contribution in [-0.2, 0) is 4.74 Å². The van der Waals surface area contributed by atoms with Crippen molar-refractivity contribution in [3.8, 4) is 5.88 Å². The number of H-pyrrole nitrogens is 1. The van der Waals surface area contributed by atoms with Gasteiger partial charge < -0.3 is 14.5 Å². The normalized spacial score (nSPS) is 19.9. The van der Waals surface area contributed by atoms with Gasteiger partial charge in [-0.3, -0.25) is 0 Å². The van der Waals surface area contributed by atoms with Crippen molar-refractivity contribution in [1.82, 2.24) is 19.9 Å². The predicted molar refractivity (Wildman–Crippen MR) is 61.1 cm³/mol. The van der Waals surface area contributed by atoms with Crippen LogP contribution in [0.15, 0.2) is 6.33 Å². The molecular formula is C10H11ClN4O2. The minimum Gasteiger partial charge on any atom is -0.476 e. The lowest BCUT2D eigenvalue weighted by Crippen LogP contribution is -2.12. The molecule has 90 valence electrons. The predicted octanol–water partition coefficient (Wildman–Crippen LogP) is 1.42. The number of halogens is 1. The van der Waals surface area contributed by atoms with Gasteiger partial charge in [-0.05, 0) is 18.0 Å². The number of rotatable bonds is 3. The Labute approximate surface area is 102 Å². The third kappa shape index (κ3) is 2.18. The average molecular weight is 255 g/mol. The number of hydrogen-bond donors (Lipinski definition) is 1. The second-order valence-electron chi connectivity index (χ2n) is 3.94. The highest BCUT2D eigenvalue weighted by Gasteiger charge is 2.18. The molecule has 0 bridgehead atoms. The van der Waals surface area contributed by atoms with Crippen LogP contribution in [0.5, 0.6) is 5.88 Å². The third-order valence-electron chi connectivity index (χ3n) is 2.70. The quantitative estimate of drug-likeness (QED) is 0.839. The molecule has 6 nitrogen and oxygen atoms in total. The van der Waals surface area contributed by atoms with Crippen molar-refractivity contribution >= 4 is 22.8 Å². The fourth-order valence-corrected chi connectivity index (χ4v) is 1.95. The van der Waals surface area contributed by atoms with Crippen LogP contribution in [0.4, 0.5) is 0 Å². The number of fused-ring (bicyclic) bond motifs is 1. The number of imidazole rings is 1. The Morgan fingerprint density at radius 1 is 1.53 bits per heavy atom. The first kappa shape index (κ1) is 10.7. The van der Waals surface area contributed by atoms with Crippen molar-refractivity contribution in [2.75, 3.05) is 19.8 Å². The monoisotopic (exact) mass is 254 g/mol. The Balaban J connectivity index is 1.81. The van der Waals surface area contributed by atoms with Gasteiger partial charge in [-0.2, -0.15) is 9.97 Å². The van der Waals surface area contributed by atoms with Crippen LogP contribution >= 0.6 is 11.6 Å². The molecule has 3 rings (SSSR count). The first-order valence-electron chi connectivity index (χ1n) is 5.40. The summed E-state index contributed by atoms with van der Waals surface area (Å²) in [5.74, 6) is 0.867. The molecule has 1 aliphatic rings. The zero-order chi connectivity index (χ0) is 11.7. The summed E-state index contributed by atoms with van der Waals surface area (Å²) in [6.07, 6.45) is 2.56. The maximum Gasteiger partial charge on any atom is 0.244 e. The number of aromatic amines is 1. The molecule has 0 radical (unpaired) electrons. The number of nitrogens with zero attached hydrogens (tertiary/aromatic N) is 3. The summed E-state index contributed by atoms with van der Waals surface area (Å²) in [6, 6.07) is 0. The smallest absolute Gasteiger partial charge is 0.244 e. The van der Waals surface area contributed by atoms with Crippen molar-refractivity contribution in [1.29, 1.82) is 0 Å². The fourth-order valence-electron chi connectivity index (χ4n) is 1.80. The van der Waals surface area contributed by atoms with E-state index in [1.54, 1.807) is 6.33 Å². The van der Waals surface area contributed by atoms with Gasteiger partial charge in [0.25, 0.3) is 0 Å². The minimum atomic E-state index is 0.141. The fraction of sp³-hybridized carbons (Fsp3) is 0.500. The lowest BCUT2D eigenvalue weighted by atomic mass is 10.1. The van der Waals surface area contributed by atoms with Crippen molar-refractivity contribution in [3.63, 3.8) is 0 Å². The Morgan fingerprint density at radius 3 is 3.29 bits per heavy atom. The Bertz CT molecular complexity index is 524. The molecule has 2 aromatic heterocycles. The van der Waals surface area contributed by atoms with Gasteiger partial charge in [-0.1, -0.05) is 0 Å². The second-order valence-corrected chi connectivity index (χ2v) is 4.28. The van der Waals surface area contributed by atoms with E-state index in [1.165, 1.54) is 0 Å². The molecule has 1 saturated heterocycles. The highest BCUT2D eigenvalue weighted by Crippen LogP contribution is 2.22. The van der Waals surface area contributed by atoms with E-state index < -0.39 is 0 Å². The summed E-state index contributed by atoms with van der Waals surface area (Å²) in [5, 5.41) is 0.141. The lowest BCUT2D eigenvalue weighted by Gasteiger charge is -2.09. The number of aromatic nitrogens is 4. The molecule has 1 aliphatic heterocycles. The summed E-state index contributed by atoms with van der Waals surface area (Å²) in [5.41, 5.74) is 1.19. The Hall–Kier alpha value is -1.40. The van der Waals surface area contributed by atoms with Crippen LogP contribution in [0.2, 0.25) is 5.28 Å². The highest BCUT2D eigenvalue weighted by atomic mass is 35.5. The maximum absolute atomic E-state index is 5.80. The molecule has 0 aromatic carbocycles. The lowest BCUT2D eigenvalue weighted by molar-refractivity contribution is 0.166. The molecule has 1 N–H and O–H groups in total. The standard InChI is InChI=1S/C10H11ClN4O2/c11-10-14-8-7(12-5-13-8)9(15-10)17-4-6-1-2-16-3-6/h5-6H,1-4H2,(H,12,13,14,15). The first-order valence-corrected chi connectivity index (χ1v) is 5.78. The van der Waals surface area contributed by atoms with Gasteiger partial charge in [0.1, 0.15) is 5.52 Å². The van der Waals surface area contributed by atoms with Gasteiger partial charge in [0.2, 0.25) is 11.2 Å². The number of hydrogen-bond acceptors (Lipinski definition) is 5. The molecule has 0 spiro atoms. The van der Waals surface area contributed by atoms with Crippen LogP contribution in [0.1, 0.15) is 6.42 Å². The van der Waals surface area contributed by atoms with E-state index in [4.69, 9.17) is 21.1 Å². The zero-order valence-electron chi connectivity index (χ0n) is 9.02. The van der Waals surface area contributed by atoms with E-state index in [0.717, 1.165) is 19.6 Å². The highest BCUT2D eigenvalue weighted by molar-refractivity contribution is 6.28. The minimum absolute atomic E-state index is 0.141. The van der Waals surface area contributed by atoms with Crippen molar-refractivity contribution < 1.29 is 9.47 Å². The molecule has 1 fully saturated rings. The summed E-state index contributed by atoms with van der Waals surface area (Å²) >= 11 is 5.80. The van der Waals surface area contributed by atoms with Crippen molar-refractivity contribution in [2.45, 2.75) is 6.42 Å². The molecule has 1 unspecified atom stereocenters. The van der Waals surface area contributed by atoms with E-state index >= 15 is 0 Å². The first-order chi connectivity index (χ1) is 8.33. The van der Waals surface area contributed by atoms with Gasteiger partial charge in [-0.25, -0.2) is 4.98 Å². The Morgan fingerprint density at radius 2 is 2.47 bits per heavy atom. The van der Waals surface area contributed by atoms with Crippen LogP contribution in [0, 0.1) is 5.92 Å². The van der Waals surface area contributed by atoms with E-state index in [0.29, 0.717) is 29.6 Å². The van der Waals surface area contributed by atoms with Crippen LogP contribution in [-0.4, -0.2) is 39.8 Å². The maximum atomic E-state index is 5.80. The molecule has 1 atom stereocenters. The van der Waals surface area contributed by atoms with Crippen LogP contribution in [0.25, 0.3) is 11.2 Å². The van der Waals surface area contributed by atoms with Gasteiger partial charge in [0.05, 0.1) is 19.5 Å². The number of ether oxygens (including phenoxy) is 2. The van der Waals surface area contributed by atoms with E-state index in [-0.39, 0.29) is 5.28 Å². The van der Waals surface area contributed by atoms with Gasteiger partial charge in [0, 0.05) is 12.5 Å². The van der Waals surface area contributed by atoms with Crippen LogP contribution < -0.4 is 4.74 Å². The molecule has 0 saturated carbocycles. The van der Waals surface area contributed by atoms with Crippen molar-refractivity contribution in [3.05, 3.63) is 11.6 Å². The molecule has 7 heteroatoms. The molecule has 2 aromatic rings. The molecule has 17 heavy (non-hydrogen) atoms. The zero-order valence-corrected chi connectivity index (χ0v) is 9.78. The summed E-state index contributed by atoms with van der Waals surface area (Å²) in [4.78, 5) is 15.0. The topological polar surface area (TPSA) is 72.9 Å². The van der Waals surface area contributed by atoms with Gasteiger partial charge in [0.15, 0.2) is 5.65 Å². The van der Waals surface area contributed by atoms with E-state index in [2.05, 4.69) is 19.9 Å².